The zero-order valence-corrected chi connectivity index (χ0v) is 12.3. The number of fused-ring (bicyclic) bond motifs is 4. The van der Waals surface area contributed by atoms with Crippen molar-refractivity contribution in [1.29, 1.82) is 0 Å². The van der Waals surface area contributed by atoms with E-state index in [0.29, 0.717) is 6.54 Å². The second-order valence-corrected chi connectivity index (χ2v) is 6.49. The molecule has 3 rings (SSSR count). The molecule has 0 aromatic heterocycles. The molecule has 1 heterocycles. The highest BCUT2D eigenvalue weighted by Crippen LogP contribution is 2.62. The maximum absolute atomic E-state index is 12.6. The van der Waals surface area contributed by atoms with Crippen LogP contribution in [-0.4, -0.2) is 23.3 Å². The van der Waals surface area contributed by atoms with E-state index in [1.165, 1.54) is 29.7 Å². The lowest BCUT2D eigenvalue weighted by Crippen LogP contribution is -2.36. The van der Waals surface area contributed by atoms with Gasteiger partial charge in [0.15, 0.2) is 0 Å². The van der Waals surface area contributed by atoms with Crippen LogP contribution in [0.2, 0.25) is 0 Å². The Morgan fingerprint density at radius 1 is 1.40 bits per heavy atom. The molecular formula is C17H23NO2. The average Bonchev–Trinajstić information content (AvgIpc) is 3.06. The Morgan fingerprint density at radius 3 is 2.90 bits per heavy atom. The molecule has 2 atom stereocenters. The van der Waals surface area contributed by atoms with Gasteiger partial charge in [-0.1, -0.05) is 37.8 Å². The molecule has 1 saturated carbocycles. The van der Waals surface area contributed by atoms with Crippen LogP contribution < -0.4 is 0 Å². The second kappa shape index (κ2) is 4.87. The van der Waals surface area contributed by atoms with Crippen LogP contribution >= 0.6 is 0 Å². The summed E-state index contributed by atoms with van der Waals surface area (Å²) in [5, 5.41) is 0. The van der Waals surface area contributed by atoms with Gasteiger partial charge in [0, 0.05) is 12.1 Å². The van der Waals surface area contributed by atoms with Gasteiger partial charge in [-0.15, -0.1) is 6.58 Å². The van der Waals surface area contributed by atoms with Gasteiger partial charge in [0.25, 0.3) is 5.91 Å². The van der Waals surface area contributed by atoms with Crippen LogP contribution in [0.5, 0.6) is 0 Å². The molecule has 108 valence electrons. The first-order valence-electron chi connectivity index (χ1n) is 7.83. The lowest BCUT2D eigenvalue weighted by atomic mass is 9.70. The molecular weight excluding hydrogens is 250 g/mol. The fourth-order valence-corrected chi connectivity index (χ4v) is 4.44. The van der Waals surface area contributed by atoms with Gasteiger partial charge < -0.3 is 0 Å². The highest BCUT2D eigenvalue weighted by Gasteiger charge is 2.61. The third-order valence-corrected chi connectivity index (χ3v) is 5.35. The minimum absolute atomic E-state index is 0.0352. The molecule has 2 bridgehead atoms. The molecule has 1 saturated heterocycles. The zero-order valence-electron chi connectivity index (χ0n) is 12.3. The fraction of sp³-hybridized carbons (Fsp3) is 0.647. The first kappa shape index (κ1) is 13.6. The average molecular weight is 273 g/mol. The summed E-state index contributed by atoms with van der Waals surface area (Å²) in [5.74, 6) is -0.126. The van der Waals surface area contributed by atoms with Crippen LogP contribution in [-0.2, 0) is 9.59 Å². The molecule has 3 heteroatoms. The van der Waals surface area contributed by atoms with Gasteiger partial charge in [0.05, 0.1) is 5.92 Å². The van der Waals surface area contributed by atoms with Crippen LogP contribution in [0.1, 0.15) is 51.9 Å². The third-order valence-electron chi connectivity index (χ3n) is 5.35. The molecule has 3 nitrogen and oxygen atoms in total. The minimum Gasteiger partial charge on any atom is -0.274 e. The number of allylic oxidation sites excluding steroid dienone is 1. The molecule has 0 aromatic rings. The standard InChI is InChI=1S/C17H23NO2/c1-3-5-6-8-17-9-7-12(11-17)13-14(17)16(20)18(10-4-2)15(13)19/h4,14H,2-3,5-11H2,1H3. The highest BCUT2D eigenvalue weighted by molar-refractivity contribution is 6.16. The highest BCUT2D eigenvalue weighted by atomic mass is 16.2. The Labute approximate surface area is 120 Å². The summed E-state index contributed by atoms with van der Waals surface area (Å²) in [5.41, 5.74) is 2.21. The van der Waals surface area contributed by atoms with Crippen LogP contribution in [0.3, 0.4) is 0 Å². The Kier molecular flexibility index (Phi) is 3.31. The lowest BCUT2D eigenvalue weighted by molar-refractivity contribution is -0.140. The number of unbranched alkanes of at least 4 members (excludes halogenated alkanes) is 2. The molecule has 3 aliphatic rings. The summed E-state index contributed by atoms with van der Waals surface area (Å²) >= 11 is 0. The smallest absolute Gasteiger partial charge is 0.257 e. The summed E-state index contributed by atoms with van der Waals surface area (Å²) in [4.78, 5) is 26.5. The number of hydrogen-bond donors (Lipinski definition) is 0. The first-order valence-corrected chi connectivity index (χ1v) is 7.83. The van der Waals surface area contributed by atoms with E-state index in [4.69, 9.17) is 0 Å². The Balaban J connectivity index is 1.88. The normalized spacial score (nSPS) is 31.4. The van der Waals surface area contributed by atoms with Crippen molar-refractivity contribution in [2.75, 3.05) is 6.54 Å². The quantitative estimate of drug-likeness (QED) is 0.423. The lowest BCUT2D eigenvalue weighted by Gasteiger charge is -2.32. The van der Waals surface area contributed by atoms with Gasteiger partial charge in [0.1, 0.15) is 0 Å². The van der Waals surface area contributed by atoms with Crippen LogP contribution in [0.4, 0.5) is 0 Å². The van der Waals surface area contributed by atoms with Crippen molar-refractivity contribution in [2.24, 2.45) is 11.3 Å². The van der Waals surface area contributed by atoms with Gasteiger partial charge in [-0.3, -0.25) is 14.5 Å². The van der Waals surface area contributed by atoms with Gasteiger partial charge in [-0.2, -0.15) is 0 Å². The van der Waals surface area contributed by atoms with Crippen molar-refractivity contribution in [3.8, 4) is 0 Å². The number of nitrogens with zero attached hydrogens (tertiary/aromatic N) is 1. The molecule has 2 amide bonds. The number of imide groups is 1. The number of rotatable bonds is 6. The number of hydrogen-bond acceptors (Lipinski definition) is 2. The summed E-state index contributed by atoms with van der Waals surface area (Å²) < 4.78 is 0. The second-order valence-electron chi connectivity index (χ2n) is 6.49. The molecule has 2 fully saturated rings. The van der Waals surface area contributed by atoms with Gasteiger partial charge in [-0.05, 0) is 31.1 Å². The largest absolute Gasteiger partial charge is 0.274 e. The number of carbonyl (C=O) groups is 2. The Hall–Kier alpha value is -1.38. The van der Waals surface area contributed by atoms with Gasteiger partial charge in [0.2, 0.25) is 5.91 Å². The molecule has 0 spiro atoms. The molecule has 2 aliphatic carbocycles. The predicted octanol–water partition coefficient (Wildman–Crippen LogP) is 3.22. The van der Waals surface area contributed by atoms with E-state index >= 15 is 0 Å². The van der Waals surface area contributed by atoms with E-state index in [2.05, 4.69) is 13.5 Å². The maximum Gasteiger partial charge on any atom is 0.257 e. The summed E-state index contributed by atoms with van der Waals surface area (Å²) in [7, 11) is 0. The van der Waals surface area contributed by atoms with E-state index in [9.17, 15) is 9.59 Å². The number of amides is 2. The SMILES string of the molecule is C=CCN1C(=O)C2=C3CCC(CCCCC)(C3)C2C1=O. The van der Waals surface area contributed by atoms with E-state index in [-0.39, 0.29) is 23.1 Å². The fourth-order valence-electron chi connectivity index (χ4n) is 4.44. The van der Waals surface area contributed by atoms with Gasteiger partial charge in [-0.25, -0.2) is 0 Å². The van der Waals surface area contributed by atoms with Crippen molar-refractivity contribution in [3.63, 3.8) is 0 Å². The van der Waals surface area contributed by atoms with Crippen molar-refractivity contribution in [1.82, 2.24) is 4.90 Å². The first-order chi connectivity index (χ1) is 9.64. The van der Waals surface area contributed by atoms with E-state index in [1.807, 2.05) is 0 Å². The van der Waals surface area contributed by atoms with Crippen molar-refractivity contribution >= 4 is 11.8 Å². The Morgan fingerprint density at radius 2 is 2.20 bits per heavy atom. The van der Waals surface area contributed by atoms with Crippen molar-refractivity contribution < 1.29 is 9.59 Å². The monoisotopic (exact) mass is 273 g/mol. The van der Waals surface area contributed by atoms with Crippen molar-refractivity contribution in [2.45, 2.75) is 51.9 Å². The van der Waals surface area contributed by atoms with Crippen molar-refractivity contribution in [3.05, 3.63) is 23.8 Å². The summed E-state index contributed by atoms with van der Waals surface area (Å²) in [6, 6.07) is 0. The maximum atomic E-state index is 12.6. The van der Waals surface area contributed by atoms with Gasteiger partial charge >= 0.3 is 0 Å². The molecule has 1 aliphatic heterocycles. The zero-order chi connectivity index (χ0) is 14.3. The predicted molar refractivity (Wildman–Crippen MR) is 77.9 cm³/mol. The van der Waals surface area contributed by atoms with Crippen LogP contribution in [0.15, 0.2) is 23.8 Å². The van der Waals surface area contributed by atoms with Crippen LogP contribution in [0, 0.1) is 11.3 Å². The topological polar surface area (TPSA) is 37.4 Å². The van der Waals surface area contributed by atoms with Crippen LogP contribution in [0.25, 0.3) is 0 Å². The summed E-state index contributed by atoms with van der Waals surface area (Å²) in [6.07, 6.45) is 9.46. The molecule has 0 N–H and O–H groups in total. The number of likely N-dealkylation sites (tertiary alicyclic amines) is 1. The molecule has 0 radical (unpaired) electrons. The van der Waals surface area contributed by atoms with E-state index < -0.39 is 0 Å². The minimum atomic E-state index is -0.129. The summed E-state index contributed by atoms with van der Waals surface area (Å²) in [6.45, 7) is 6.21. The third kappa shape index (κ3) is 1.72. The number of carbonyl (C=O) groups excluding carboxylic acids is 2. The molecule has 2 unspecified atom stereocenters. The Bertz CT molecular complexity index is 505. The molecule has 0 aromatic carbocycles. The van der Waals surface area contributed by atoms with E-state index in [0.717, 1.165) is 31.3 Å². The van der Waals surface area contributed by atoms with E-state index in [1.54, 1.807) is 6.08 Å². The molecule has 20 heavy (non-hydrogen) atoms.